The quantitative estimate of drug-likeness (QED) is 0.157. The molecule has 0 N–H and O–H groups in total. The van der Waals surface area contributed by atoms with Crippen molar-refractivity contribution >= 4 is 35.3 Å². The third kappa shape index (κ3) is 4.85. The van der Waals surface area contributed by atoms with Crippen LogP contribution in [0.25, 0.3) is 62.7 Å². The molecule has 0 saturated carbocycles. The number of hydrogen-bond acceptors (Lipinski definition) is 1. The minimum atomic E-state index is -0.482. The van der Waals surface area contributed by atoms with Crippen molar-refractivity contribution in [3.05, 3.63) is 240 Å². The third-order valence-electron chi connectivity index (χ3n) is 13.4. The lowest BCUT2D eigenvalue weighted by molar-refractivity contribution is 0.660. The summed E-state index contributed by atoms with van der Waals surface area (Å²) in [6, 6.07) is 63.6. The molecule has 1 atom stereocenters. The van der Waals surface area contributed by atoms with Crippen LogP contribution in [0.2, 0.25) is 0 Å². The summed E-state index contributed by atoms with van der Waals surface area (Å²) < 4.78 is 0. The van der Waals surface area contributed by atoms with E-state index in [1.54, 1.807) is 0 Å². The van der Waals surface area contributed by atoms with E-state index in [0.717, 1.165) is 44.9 Å². The monoisotopic (exact) mass is 753 g/mol. The van der Waals surface area contributed by atoms with E-state index in [1.165, 1.54) is 66.8 Å². The molecular weight excluding hydrogens is 711 g/mol. The van der Waals surface area contributed by atoms with Crippen LogP contribution in [0.3, 0.4) is 0 Å². The second-order valence-electron chi connectivity index (χ2n) is 16.6. The van der Waals surface area contributed by atoms with Crippen molar-refractivity contribution in [2.24, 2.45) is 0 Å². The average molecular weight is 754 g/mol. The van der Waals surface area contributed by atoms with Crippen LogP contribution in [0.1, 0.15) is 63.9 Å². The second kappa shape index (κ2) is 12.9. The van der Waals surface area contributed by atoms with E-state index in [-0.39, 0.29) is 5.41 Å². The molecule has 1 spiro atoms. The molecule has 0 bridgehead atoms. The normalized spacial score (nSPS) is 15.7. The van der Waals surface area contributed by atoms with Crippen LogP contribution < -0.4 is 4.90 Å². The molecule has 1 heteroatoms. The van der Waals surface area contributed by atoms with Crippen molar-refractivity contribution in [1.29, 1.82) is 0 Å². The molecule has 1 unspecified atom stereocenters. The fraction of sp³-hybridized carbons (Fsp3) is 0.0690. The van der Waals surface area contributed by atoms with Gasteiger partial charge in [0, 0.05) is 22.4 Å². The fourth-order valence-corrected chi connectivity index (χ4v) is 10.6. The molecular formula is C58H43N. The van der Waals surface area contributed by atoms with Crippen LogP contribution in [-0.4, -0.2) is 0 Å². The molecule has 59 heavy (non-hydrogen) atoms. The Morgan fingerprint density at radius 3 is 1.49 bits per heavy atom. The highest BCUT2D eigenvalue weighted by atomic mass is 15.1. The lowest BCUT2D eigenvalue weighted by atomic mass is 9.70. The van der Waals surface area contributed by atoms with Crippen molar-refractivity contribution in [2.45, 2.75) is 24.7 Å². The summed E-state index contributed by atoms with van der Waals surface area (Å²) in [5.74, 6) is 0. The van der Waals surface area contributed by atoms with Crippen molar-refractivity contribution in [1.82, 2.24) is 0 Å². The molecule has 11 rings (SSSR count). The van der Waals surface area contributed by atoms with Crippen molar-refractivity contribution in [2.75, 3.05) is 4.90 Å². The molecule has 1 nitrogen and oxygen atoms in total. The first-order chi connectivity index (χ1) is 28.9. The van der Waals surface area contributed by atoms with Crippen LogP contribution in [0.5, 0.6) is 0 Å². The highest BCUT2D eigenvalue weighted by Crippen LogP contribution is 2.63. The van der Waals surface area contributed by atoms with Gasteiger partial charge in [0.2, 0.25) is 0 Å². The molecule has 3 aliphatic rings. The molecule has 280 valence electrons. The number of fused-ring (bicyclic) bond motifs is 13. The predicted octanol–water partition coefficient (Wildman–Crippen LogP) is 15.4. The average Bonchev–Trinajstić information content (AvgIpc) is 3.84. The molecule has 8 aromatic rings. The van der Waals surface area contributed by atoms with Gasteiger partial charge >= 0.3 is 0 Å². The van der Waals surface area contributed by atoms with Gasteiger partial charge < -0.3 is 4.90 Å². The lowest BCUT2D eigenvalue weighted by Gasteiger charge is -2.33. The maximum absolute atomic E-state index is 4.14. The second-order valence-corrected chi connectivity index (χ2v) is 16.6. The van der Waals surface area contributed by atoms with Gasteiger partial charge in [-0.05, 0) is 125 Å². The van der Waals surface area contributed by atoms with Gasteiger partial charge in [-0.3, -0.25) is 0 Å². The summed E-state index contributed by atoms with van der Waals surface area (Å²) in [4.78, 5) is 2.49. The summed E-state index contributed by atoms with van der Waals surface area (Å²) in [5, 5.41) is 0. The lowest BCUT2D eigenvalue weighted by Crippen LogP contribution is -2.26. The van der Waals surface area contributed by atoms with E-state index >= 15 is 0 Å². The summed E-state index contributed by atoms with van der Waals surface area (Å²) in [6.07, 6.45) is 5.81. The number of rotatable bonds is 7. The van der Waals surface area contributed by atoms with Gasteiger partial charge in [-0.15, -0.1) is 0 Å². The van der Waals surface area contributed by atoms with Gasteiger partial charge in [0.05, 0.1) is 11.1 Å². The van der Waals surface area contributed by atoms with Crippen LogP contribution >= 0.6 is 0 Å². The van der Waals surface area contributed by atoms with E-state index in [9.17, 15) is 0 Å². The first kappa shape index (κ1) is 35.0. The largest absolute Gasteiger partial charge is 0.310 e. The summed E-state index contributed by atoms with van der Waals surface area (Å²) >= 11 is 0. The summed E-state index contributed by atoms with van der Waals surface area (Å²) in [6.45, 7) is 17.0. The van der Waals surface area contributed by atoms with E-state index < -0.39 is 5.41 Å². The molecule has 0 aromatic heterocycles. The molecule has 8 aromatic carbocycles. The van der Waals surface area contributed by atoms with Crippen LogP contribution in [0.15, 0.2) is 190 Å². The topological polar surface area (TPSA) is 3.24 Å². The Bertz CT molecular complexity index is 3080. The molecule has 3 aliphatic carbocycles. The molecule has 0 heterocycles. The van der Waals surface area contributed by atoms with Gasteiger partial charge in [-0.25, -0.2) is 0 Å². The van der Waals surface area contributed by atoms with E-state index in [4.69, 9.17) is 0 Å². The third-order valence-corrected chi connectivity index (χ3v) is 13.4. The predicted molar refractivity (Wildman–Crippen MR) is 251 cm³/mol. The van der Waals surface area contributed by atoms with Crippen molar-refractivity contribution in [3.8, 4) is 44.5 Å². The van der Waals surface area contributed by atoms with Crippen molar-refractivity contribution < 1.29 is 0 Å². The Morgan fingerprint density at radius 2 is 0.831 bits per heavy atom. The minimum absolute atomic E-state index is 0.198. The first-order valence-electron chi connectivity index (χ1n) is 20.5. The zero-order valence-corrected chi connectivity index (χ0v) is 33.5. The van der Waals surface area contributed by atoms with Gasteiger partial charge in [0.25, 0.3) is 0 Å². The van der Waals surface area contributed by atoms with Crippen LogP contribution in [-0.2, 0) is 10.8 Å². The van der Waals surface area contributed by atoms with E-state index in [2.05, 4.69) is 208 Å². The number of anilines is 3. The summed E-state index contributed by atoms with van der Waals surface area (Å²) in [7, 11) is 0. The van der Waals surface area contributed by atoms with Crippen LogP contribution in [0.4, 0.5) is 17.1 Å². The van der Waals surface area contributed by atoms with Crippen molar-refractivity contribution in [3.63, 3.8) is 0 Å². The summed E-state index contributed by atoms with van der Waals surface area (Å²) in [5.41, 5.74) is 24.0. The fourth-order valence-electron chi connectivity index (χ4n) is 10.6. The van der Waals surface area contributed by atoms with E-state index in [1.807, 2.05) is 18.2 Å². The Labute approximate surface area is 347 Å². The molecule has 0 fully saturated rings. The van der Waals surface area contributed by atoms with Gasteiger partial charge in [0.15, 0.2) is 0 Å². The Kier molecular flexibility index (Phi) is 7.65. The highest BCUT2D eigenvalue weighted by Gasteiger charge is 2.52. The Morgan fingerprint density at radius 1 is 0.373 bits per heavy atom. The molecule has 0 radical (unpaired) electrons. The maximum atomic E-state index is 4.14. The maximum Gasteiger partial charge on any atom is 0.0726 e. The number of nitrogens with zero attached hydrogens (tertiary/aromatic N) is 1. The SMILES string of the molecule is C=Cc1ccc(-c2ccccc2N(c2ccc3c(c2)C(C)(C)c2cc(C=C)ccc2-3)c2ccc3c(c2)C2(c4ccccc4-c4cc(C=C)ccc42)c2ccccc2-3)cc1. The van der Waals surface area contributed by atoms with Gasteiger partial charge in [-0.2, -0.15) is 0 Å². The standard InChI is InChI=1S/C58H43N/c1-6-37-21-25-40(26-22-37)43-15-11-14-20-56(43)59(41-27-30-47-46-29-23-39(8-3)34-53(46)57(4,5)54(47)35-41)42-28-31-48-44-16-9-12-18-50(44)58(55(48)36-42)51-19-13-10-17-45(51)49-33-38(7-2)24-32-52(49)58/h6-36H,1-3H2,4-5H3. The smallest absolute Gasteiger partial charge is 0.0726 e. The van der Waals surface area contributed by atoms with Gasteiger partial charge in [-0.1, -0.05) is 185 Å². The molecule has 0 amide bonds. The first-order valence-corrected chi connectivity index (χ1v) is 20.5. The Hall–Kier alpha value is -7.22. The minimum Gasteiger partial charge on any atom is -0.310 e. The number of benzene rings is 8. The number of hydrogen-bond donors (Lipinski definition) is 0. The Balaban J connectivity index is 1.18. The zero-order valence-electron chi connectivity index (χ0n) is 33.5. The van der Waals surface area contributed by atoms with Crippen LogP contribution in [0, 0.1) is 0 Å². The molecule has 0 saturated heterocycles. The van der Waals surface area contributed by atoms with E-state index in [0.29, 0.717) is 0 Å². The number of para-hydroxylation sites is 1. The molecule has 0 aliphatic heterocycles. The highest BCUT2D eigenvalue weighted by molar-refractivity contribution is 5.98. The zero-order chi connectivity index (χ0) is 40.0. The van der Waals surface area contributed by atoms with Gasteiger partial charge in [0.1, 0.15) is 0 Å².